The van der Waals surface area contributed by atoms with Crippen molar-refractivity contribution in [2.24, 2.45) is 5.92 Å². The third-order valence-corrected chi connectivity index (χ3v) is 7.65. The molecule has 1 fully saturated rings. The van der Waals surface area contributed by atoms with Gasteiger partial charge in [0.05, 0.1) is 12.3 Å². The molecule has 0 aromatic heterocycles. The molecule has 206 valence electrons. The van der Waals surface area contributed by atoms with Gasteiger partial charge in [0.1, 0.15) is 0 Å². The van der Waals surface area contributed by atoms with E-state index < -0.39 is 17.4 Å². The molecule has 40 heavy (non-hydrogen) atoms. The topological polar surface area (TPSA) is 101 Å². The molecule has 0 bridgehead atoms. The van der Waals surface area contributed by atoms with Crippen molar-refractivity contribution in [1.29, 1.82) is 0 Å². The van der Waals surface area contributed by atoms with E-state index in [1.807, 2.05) is 60.7 Å². The van der Waals surface area contributed by atoms with Gasteiger partial charge in [0, 0.05) is 55.3 Å². The molecule has 0 radical (unpaired) electrons. The van der Waals surface area contributed by atoms with Gasteiger partial charge in [-0.3, -0.25) is 19.3 Å². The summed E-state index contributed by atoms with van der Waals surface area (Å²) < 4.78 is 0. The maximum atomic E-state index is 13.9. The van der Waals surface area contributed by atoms with Crippen LogP contribution in [0.15, 0.2) is 91.0 Å². The van der Waals surface area contributed by atoms with Crippen molar-refractivity contribution < 1.29 is 24.6 Å². The molecule has 2 atom stereocenters. The van der Waals surface area contributed by atoms with Gasteiger partial charge in [0.15, 0.2) is 5.60 Å². The Kier molecular flexibility index (Phi) is 7.82. The van der Waals surface area contributed by atoms with Gasteiger partial charge in [0.2, 0.25) is 11.8 Å². The third-order valence-electron chi connectivity index (χ3n) is 7.65. The number of rotatable bonds is 10. The number of β-lactam (4-membered cyclic amide) rings is 1. The van der Waals surface area contributed by atoms with Crippen LogP contribution in [0.5, 0.6) is 0 Å². The monoisotopic (exact) mass is 539 g/mol. The molecule has 2 N–H and O–H groups in total. The summed E-state index contributed by atoms with van der Waals surface area (Å²) in [6.07, 6.45) is 3.89. The van der Waals surface area contributed by atoms with E-state index in [4.69, 9.17) is 0 Å². The van der Waals surface area contributed by atoms with Crippen LogP contribution in [0.25, 0.3) is 0 Å². The zero-order valence-electron chi connectivity index (χ0n) is 22.4. The van der Waals surface area contributed by atoms with Crippen LogP contribution >= 0.6 is 0 Å². The standard InChI is InChI=1S/C32H33N3O5/c1-23(9-8-14-29(37)33(19-20-36)22-24-10-4-2-5-11-24)32(40)27-21-26(34-18-17-30(34)38)15-16-28(27)35(31(32)39)25-12-6-3-7-13-25/h2-13,15-16,21,23,36,40H,14,17-20,22H2,1H3/b9-8+/t23-,32+/m1/s1. The Morgan fingerprint density at radius 2 is 1.73 bits per heavy atom. The van der Waals surface area contributed by atoms with Gasteiger partial charge in [-0.15, -0.1) is 0 Å². The number of amides is 3. The van der Waals surface area contributed by atoms with Crippen LogP contribution in [0.3, 0.4) is 0 Å². The molecular weight excluding hydrogens is 506 g/mol. The molecule has 1 saturated heterocycles. The summed E-state index contributed by atoms with van der Waals surface area (Å²) in [5.74, 6) is -1.34. The minimum absolute atomic E-state index is 0.00196. The first-order valence-electron chi connectivity index (χ1n) is 13.5. The van der Waals surface area contributed by atoms with Gasteiger partial charge < -0.3 is 20.0 Å². The van der Waals surface area contributed by atoms with Crippen LogP contribution in [-0.2, 0) is 26.5 Å². The molecule has 8 heteroatoms. The summed E-state index contributed by atoms with van der Waals surface area (Å²) in [6.45, 7) is 2.77. The average molecular weight is 540 g/mol. The lowest BCUT2D eigenvalue weighted by Crippen LogP contribution is -2.44. The quantitative estimate of drug-likeness (QED) is 0.301. The number of carbonyl (C=O) groups is 3. The molecule has 5 rings (SSSR count). The minimum atomic E-state index is -1.90. The number of anilines is 3. The first kappa shape index (κ1) is 27.3. The van der Waals surface area contributed by atoms with Crippen LogP contribution < -0.4 is 9.80 Å². The maximum Gasteiger partial charge on any atom is 0.268 e. The number of aliphatic hydroxyl groups is 2. The molecule has 0 saturated carbocycles. The van der Waals surface area contributed by atoms with Gasteiger partial charge >= 0.3 is 0 Å². The Balaban J connectivity index is 1.40. The number of nitrogens with zero attached hydrogens (tertiary/aromatic N) is 3. The lowest BCUT2D eigenvalue weighted by Gasteiger charge is -2.32. The van der Waals surface area contributed by atoms with Crippen molar-refractivity contribution in [3.8, 4) is 0 Å². The zero-order valence-corrected chi connectivity index (χ0v) is 22.4. The fourth-order valence-electron chi connectivity index (χ4n) is 5.31. The van der Waals surface area contributed by atoms with Crippen molar-refractivity contribution >= 4 is 34.8 Å². The van der Waals surface area contributed by atoms with Crippen molar-refractivity contribution in [1.82, 2.24) is 4.90 Å². The first-order valence-corrected chi connectivity index (χ1v) is 13.5. The Morgan fingerprint density at radius 3 is 2.35 bits per heavy atom. The number of para-hydroxylation sites is 1. The SMILES string of the molecule is C[C@H](/C=C/CC(=O)N(CCO)Cc1ccccc1)[C@@]1(O)C(=O)N(c2ccccc2)c2ccc(N3CCC3=O)cc21. The van der Waals surface area contributed by atoms with Crippen LogP contribution in [-0.4, -0.2) is 52.5 Å². The molecule has 3 amide bonds. The summed E-state index contributed by atoms with van der Waals surface area (Å²) >= 11 is 0. The highest BCUT2D eigenvalue weighted by Crippen LogP contribution is 2.49. The van der Waals surface area contributed by atoms with Crippen LogP contribution in [0.1, 0.15) is 30.9 Å². The highest BCUT2D eigenvalue weighted by molar-refractivity contribution is 6.13. The number of aliphatic hydroxyl groups excluding tert-OH is 1. The third kappa shape index (κ3) is 5.03. The zero-order chi connectivity index (χ0) is 28.3. The van der Waals surface area contributed by atoms with Crippen molar-refractivity contribution in [2.75, 3.05) is 29.5 Å². The number of benzene rings is 3. The van der Waals surface area contributed by atoms with E-state index in [1.54, 1.807) is 47.1 Å². The Hall–Kier alpha value is -4.27. The molecule has 0 unspecified atom stereocenters. The van der Waals surface area contributed by atoms with Gasteiger partial charge in [-0.25, -0.2) is 0 Å². The maximum absolute atomic E-state index is 13.9. The van der Waals surface area contributed by atoms with Crippen LogP contribution in [0.2, 0.25) is 0 Å². The second-order valence-electron chi connectivity index (χ2n) is 10.2. The molecule has 3 aromatic rings. The largest absolute Gasteiger partial charge is 0.395 e. The number of hydrogen-bond donors (Lipinski definition) is 2. The van der Waals surface area contributed by atoms with Gasteiger partial charge in [0.25, 0.3) is 5.91 Å². The predicted molar refractivity (Wildman–Crippen MR) is 153 cm³/mol. The normalized spacial score (nSPS) is 19.1. The van der Waals surface area contributed by atoms with Crippen LogP contribution in [0.4, 0.5) is 17.1 Å². The molecular formula is C32H33N3O5. The van der Waals surface area contributed by atoms with Crippen molar-refractivity contribution in [3.63, 3.8) is 0 Å². The molecule has 8 nitrogen and oxygen atoms in total. The molecule has 0 aliphatic carbocycles. The summed E-state index contributed by atoms with van der Waals surface area (Å²) in [7, 11) is 0. The van der Waals surface area contributed by atoms with E-state index in [9.17, 15) is 24.6 Å². The highest BCUT2D eigenvalue weighted by atomic mass is 16.3. The van der Waals surface area contributed by atoms with Gasteiger partial charge in [-0.05, 0) is 35.9 Å². The molecule has 3 aromatic carbocycles. The second kappa shape index (κ2) is 11.5. The highest BCUT2D eigenvalue weighted by Gasteiger charge is 2.53. The van der Waals surface area contributed by atoms with Crippen molar-refractivity contribution in [3.05, 3.63) is 102 Å². The Morgan fingerprint density at radius 1 is 1.02 bits per heavy atom. The Labute approximate surface area is 233 Å². The summed E-state index contributed by atoms with van der Waals surface area (Å²) in [4.78, 5) is 43.8. The lowest BCUT2D eigenvalue weighted by atomic mass is 9.82. The molecule has 0 spiro atoms. The second-order valence-corrected chi connectivity index (χ2v) is 10.2. The van der Waals surface area contributed by atoms with Crippen molar-refractivity contribution in [2.45, 2.75) is 31.9 Å². The fraction of sp³-hybridized carbons (Fsp3) is 0.281. The summed E-state index contributed by atoms with van der Waals surface area (Å²) in [5, 5.41) is 21.5. The summed E-state index contributed by atoms with van der Waals surface area (Å²) in [6, 6.07) is 24.0. The Bertz CT molecular complexity index is 1420. The van der Waals surface area contributed by atoms with E-state index in [0.29, 0.717) is 42.1 Å². The smallest absolute Gasteiger partial charge is 0.268 e. The number of fused-ring (bicyclic) bond motifs is 1. The molecule has 2 aliphatic rings. The minimum Gasteiger partial charge on any atom is -0.395 e. The number of hydrogen-bond acceptors (Lipinski definition) is 5. The average Bonchev–Trinajstić information content (AvgIpc) is 3.19. The first-order chi connectivity index (χ1) is 19.3. The van der Waals surface area contributed by atoms with E-state index in [-0.39, 0.29) is 31.4 Å². The predicted octanol–water partition coefficient (Wildman–Crippen LogP) is 3.89. The summed E-state index contributed by atoms with van der Waals surface area (Å²) in [5.41, 5.74) is 1.31. The van der Waals surface area contributed by atoms with E-state index >= 15 is 0 Å². The number of carbonyl (C=O) groups excluding carboxylic acids is 3. The molecule has 2 aliphatic heterocycles. The fourth-order valence-corrected chi connectivity index (χ4v) is 5.31. The van der Waals surface area contributed by atoms with Crippen LogP contribution in [0, 0.1) is 5.92 Å². The van der Waals surface area contributed by atoms with E-state index in [1.165, 1.54) is 4.90 Å². The molecule has 2 heterocycles. The van der Waals surface area contributed by atoms with Gasteiger partial charge in [-0.2, -0.15) is 0 Å². The van der Waals surface area contributed by atoms with E-state index in [0.717, 1.165) is 5.56 Å². The van der Waals surface area contributed by atoms with Gasteiger partial charge in [-0.1, -0.05) is 67.6 Å². The lowest BCUT2D eigenvalue weighted by molar-refractivity contribution is -0.138. The van der Waals surface area contributed by atoms with E-state index in [2.05, 4.69) is 0 Å².